The number of hydrogen-bond acceptors (Lipinski definition) is 5. The van der Waals surface area contributed by atoms with E-state index in [9.17, 15) is 14.4 Å². The fraction of sp³-hybridized carbons (Fsp3) is 0.500. The van der Waals surface area contributed by atoms with Crippen molar-refractivity contribution in [3.63, 3.8) is 0 Å². The highest BCUT2D eigenvalue weighted by Gasteiger charge is 2.35. The monoisotopic (exact) mass is 426 g/mol. The van der Waals surface area contributed by atoms with Gasteiger partial charge in [-0.1, -0.05) is 15.9 Å². The summed E-state index contributed by atoms with van der Waals surface area (Å²) in [7, 11) is 3.17. The molecule has 1 aliphatic rings. The number of carbonyl (C=O) groups excluding carboxylic acids is 3. The number of ether oxygens (including phenoxy) is 2. The minimum absolute atomic E-state index is 0.0431. The predicted octanol–water partition coefficient (Wildman–Crippen LogP) is 1.95. The zero-order valence-electron chi connectivity index (χ0n) is 15.0. The van der Waals surface area contributed by atoms with Crippen molar-refractivity contribution in [1.82, 2.24) is 9.80 Å². The number of imide groups is 1. The van der Waals surface area contributed by atoms with E-state index in [1.165, 1.54) is 4.90 Å². The van der Waals surface area contributed by atoms with Gasteiger partial charge >= 0.3 is 0 Å². The molecule has 0 fully saturated rings. The standard InChI is InChI=1S/C18H23BrN2O5/c1-25-10-8-20(9-11-26-2)16(22)4-3-7-21-17(23)14-6-5-13(19)12-15(14)18(21)24/h5-6,12H,3-4,7-11H2,1-2H3. The van der Waals surface area contributed by atoms with Crippen molar-refractivity contribution in [1.29, 1.82) is 0 Å². The van der Waals surface area contributed by atoms with Gasteiger partial charge in [-0.2, -0.15) is 0 Å². The van der Waals surface area contributed by atoms with E-state index >= 15 is 0 Å². The maximum atomic E-state index is 12.4. The van der Waals surface area contributed by atoms with Gasteiger partial charge in [0.15, 0.2) is 0 Å². The van der Waals surface area contributed by atoms with Crippen molar-refractivity contribution in [2.45, 2.75) is 12.8 Å². The Kier molecular flexibility index (Phi) is 7.74. The van der Waals surface area contributed by atoms with Crippen LogP contribution in [0.25, 0.3) is 0 Å². The fourth-order valence-corrected chi connectivity index (χ4v) is 3.14. The van der Waals surface area contributed by atoms with Crippen molar-refractivity contribution in [3.8, 4) is 0 Å². The highest BCUT2D eigenvalue weighted by molar-refractivity contribution is 9.10. The Balaban J connectivity index is 1.89. The van der Waals surface area contributed by atoms with Gasteiger partial charge in [0.2, 0.25) is 5.91 Å². The number of nitrogens with zero attached hydrogens (tertiary/aromatic N) is 2. The summed E-state index contributed by atoms with van der Waals surface area (Å²) in [5.74, 6) is -0.659. The SMILES string of the molecule is COCCN(CCOC)C(=O)CCCN1C(=O)c2ccc(Br)cc2C1=O. The highest BCUT2D eigenvalue weighted by atomic mass is 79.9. The van der Waals surface area contributed by atoms with Gasteiger partial charge in [-0.25, -0.2) is 0 Å². The van der Waals surface area contributed by atoms with E-state index in [4.69, 9.17) is 9.47 Å². The molecule has 0 aliphatic carbocycles. The Morgan fingerprint density at radius 2 is 1.69 bits per heavy atom. The molecule has 8 heteroatoms. The number of amides is 3. The minimum Gasteiger partial charge on any atom is -0.383 e. The smallest absolute Gasteiger partial charge is 0.261 e. The van der Waals surface area contributed by atoms with E-state index in [0.29, 0.717) is 43.9 Å². The van der Waals surface area contributed by atoms with Crippen molar-refractivity contribution in [3.05, 3.63) is 33.8 Å². The zero-order chi connectivity index (χ0) is 19.1. The minimum atomic E-state index is -0.311. The largest absolute Gasteiger partial charge is 0.383 e. The molecule has 0 radical (unpaired) electrons. The van der Waals surface area contributed by atoms with Gasteiger partial charge in [-0.05, 0) is 24.6 Å². The van der Waals surface area contributed by atoms with Crippen LogP contribution in [-0.4, -0.2) is 74.6 Å². The molecule has 1 aliphatic heterocycles. The third-order valence-electron chi connectivity index (χ3n) is 4.19. The normalized spacial score (nSPS) is 13.3. The molecule has 0 atom stereocenters. The highest BCUT2D eigenvalue weighted by Crippen LogP contribution is 2.26. The molecule has 3 amide bonds. The lowest BCUT2D eigenvalue weighted by molar-refractivity contribution is -0.132. The maximum absolute atomic E-state index is 12.4. The van der Waals surface area contributed by atoms with Crippen LogP contribution in [0.4, 0.5) is 0 Å². The number of benzene rings is 1. The number of methoxy groups -OCH3 is 2. The van der Waals surface area contributed by atoms with Crippen molar-refractivity contribution in [2.24, 2.45) is 0 Å². The van der Waals surface area contributed by atoms with Gasteiger partial charge in [0, 0.05) is 44.7 Å². The summed E-state index contributed by atoms with van der Waals surface area (Å²) in [6, 6.07) is 5.03. The Bertz CT molecular complexity index is 672. The molecule has 2 rings (SSSR count). The van der Waals surface area contributed by atoms with Crippen LogP contribution < -0.4 is 0 Å². The van der Waals surface area contributed by atoms with E-state index in [-0.39, 0.29) is 30.7 Å². The Labute approximate surface area is 161 Å². The van der Waals surface area contributed by atoms with E-state index in [1.54, 1.807) is 37.3 Å². The van der Waals surface area contributed by atoms with Crippen LogP contribution in [-0.2, 0) is 14.3 Å². The summed E-state index contributed by atoms with van der Waals surface area (Å²) in [5, 5.41) is 0. The molecule has 0 saturated heterocycles. The predicted molar refractivity (Wildman–Crippen MR) is 99.1 cm³/mol. The molecule has 7 nitrogen and oxygen atoms in total. The molecule has 0 spiro atoms. The Morgan fingerprint density at radius 3 is 2.31 bits per heavy atom. The van der Waals surface area contributed by atoms with E-state index < -0.39 is 0 Å². The molecule has 1 heterocycles. The number of halogens is 1. The average Bonchev–Trinajstić information content (AvgIpc) is 2.86. The topological polar surface area (TPSA) is 76.2 Å². The third kappa shape index (κ3) is 4.90. The molecule has 26 heavy (non-hydrogen) atoms. The summed E-state index contributed by atoms with van der Waals surface area (Å²) in [6.45, 7) is 2.09. The number of rotatable bonds is 10. The number of fused-ring (bicyclic) bond motifs is 1. The molecule has 1 aromatic rings. The zero-order valence-corrected chi connectivity index (χ0v) is 16.6. The van der Waals surface area contributed by atoms with Gasteiger partial charge in [-0.3, -0.25) is 19.3 Å². The number of hydrogen-bond donors (Lipinski definition) is 0. The van der Waals surface area contributed by atoms with Crippen LogP contribution in [0.15, 0.2) is 22.7 Å². The summed E-state index contributed by atoms with van der Waals surface area (Å²) in [6.07, 6.45) is 0.673. The molecular weight excluding hydrogens is 404 g/mol. The first-order valence-electron chi connectivity index (χ1n) is 8.41. The van der Waals surface area contributed by atoms with Crippen LogP contribution in [0.5, 0.6) is 0 Å². The van der Waals surface area contributed by atoms with Crippen molar-refractivity contribution in [2.75, 3.05) is 47.1 Å². The average molecular weight is 427 g/mol. The van der Waals surface area contributed by atoms with Gasteiger partial charge < -0.3 is 14.4 Å². The number of carbonyl (C=O) groups is 3. The van der Waals surface area contributed by atoms with Crippen LogP contribution in [0, 0.1) is 0 Å². The summed E-state index contributed by atoms with van der Waals surface area (Å²) >= 11 is 3.31. The lowest BCUT2D eigenvalue weighted by Crippen LogP contribution is -2.37. The lowest BCUT2D eigenvalue weighted by atomic mass is 10.1. The van der Waals surface area contributed by atoms with E-state index in [0.717, 1.165) is 4.47 Å². The molecule has 142 valence electrons. The second-order valence-corrected chi connectivity index (χ2v) is 6.84. The second kappa shape index (κ2) is 9.80. The van der Waals surface area contributed by atoms with Crippen LogP contribution in [0.1, 0.15) is 33.6 Å². The van der Waals surface area contributed by atoms with E-state index in [2.05, 4.69) is 15.9 Å². The summed E-state index contributed by atoms with van der Waals surface area (Å²) in [4.78, 5) is 40.0. The fourth-order valence-electron chi connectivity index (χ4n) is 2.78. The van der Waals surface area contributed by atoms with Gasteiger partial charge in [0.05, 0.1) is 24.3 Å². The first-order chi connectivity index (χ1) is 12.5. The summed E-state index contributed by atoms with van der Waals surface area (Å²) in [5.41, 5.74) is 0.809. The third-order valence-corrected chi connectivity index (χ3v) is 4.68. The van der Waals surface area contributed by atoms with Gasteiger partial charge in [0.25, 0.3) is 11.8 Å². The molecule has 0 aromatic heterocycles. The second-order valence-electron chi connectivity index (χ2n) is 5.92. The van der Waals surface area contributed by atoms with Crippen LogP contribution >= 0.6 is 15.9 Å². The molecule has 0 bridgehead atoms. The van der Waals surface area contributed by atoms with Gasteiger partial charge in [0.1, 0.15) is 0 Å². The van der Waals surface area contributed by atoms with Crippen LogP contribution in [0.2, 0.25) is 0 Å². The van der Waals surface area contributed by atoms with Crippen molar-refractivity contribution >= 4 is 33.7 Å². The Hall–Kier alpha value is -1.77. The first-order valence-corrected chi connectivity index (χ1v) is 9.20. The molecule has 0 saturated carbocycles. The lowest BCUT2D eigenvalue weighted by Gasteiger charge is -2.22. The quantitative estimate of drug-likeness (QED) is 0.534. The van der Waals surface area contributed by atoms with Crippen molar-refractivity contribution < 1.29 is 23.9 Å². The molecular formula is C18H23BrN2O5. The Morgan fingerprint density at radius 1 is 1.08 bits per heavy atom. The van der Waals surface area contributed by atoms with Gasteiger partial charge in [-0.15, -0.1) is 0 Å². The first kappa shape index (κ1) is 20.5. The molecule has 1 aromatic carbocycles. The maximum Gasteiger partial charge on any atom is 0.261 e. The molecule has 0 unspecified atom stereocenters. The molecule has 0 N–H and O–H groups in total. The van der Waals surface area contributed by atoms with E-state index in [1.807, 2.05) is 0 Å². The summed E-state index contributed by atoms with van der Waals surface area (Å²) < 4.78 is 10.8. The van der Waals surface area contributed by atoms with Crippen LogP contribution in [0.3, 0.4) is 0 Å².